The minimum absolute atomic E-state index is 0.0180. The minimum Gasteiger partial charge on any atom is -0.445 e. The number of ether oxygens (including phenoxy) is 1. The van der Waals surface area contributed by atoms with E-state index in [9.17, 15) is 14.4 Å². The molecule has 0 bridgehead atoms. The summed E-state index contributed by atoms with van der Waals surface area (Å²) in [5.41, 5.74) is 0.923. The predicted molar refractivity (Wildman–Crippen MR) is 83.0 cm³/mol. The van der Waals surface area contributed by atoms with E-state index < -0.39 is 6.09 Å². The van der Waals surface area contributed by atoms with Crippen molar-refractivity contribution in [3.05, 3.63) is 35.9 Å². The van der Waals surface area contributed by atoms with Gasteiger partial charge in [0, 0.05) is 13.0 Å². The van der Waals surface area contributed by atoms with E-state index in [0.717, 1.165) is 17.3 Å². The summed E-state index contributed by atoms with van der Waals surface area (Å²) >= 11 is 1.14. The molecule has 0 saturated carbocycles. The number of carbonyl (C=O) groups is 3. The van der Waals surface area contributed by atoms with Crippen LogP contribution in [0.25, 0.3) is 0 Å². The fourth-order valence-electron chi connectivity index (χ4n) is 1.81. The topological polar surface area (TPSA) is 84.5 Å². The Labute approximate surface area is 133 Å². The van der Waals surface area contributed by atoms with E-state index in [2.05, 4.69) is 10.6 Å². The molecule has 0 radical (unpaired) electrons. The van der Waals surface area contributed by atoms with Crippen molar-refractivity contribution in [3.63, 3.8) is 0 Å². The van der Waals surface area contributed by atoms with Crippen LogP contribution in [0.15, 0.2) is 30.3 Å². The summed E-state index contributed by atoms with van der Waals surface area (Å²) in [7, 11) is 0. The molecule has 1 aliphatic heterocycles. The lowest BCUT2D eigenvalue weighted by atomic mass is 10.2. The van der Waals surface area contributed by atoms with Gasteiger partial charge in [0.25, 0.3) is 0 Å². The zero-order chi connectivity index (χ0) is 15.8. The molecule has 2 N–H and O–H groups in total. The van der Waals surface area contributed by atoms with Crippen LogP contribution in [0.5, 0.6) is 0 Å². The number of thioether (sulfide) groups is 1. The molecule has 1 heterocycles. The van der Waals surface area contributed by atoms with Crippen molar-refractivity contribution in [1.29, 1.82) is 0 Å². The van der Waals surface area contributed by atoms with Gasteiger partial charge >= 0.3 is 6.09 Å². The number of β-lactam (4-membered cyclic amide) rings is 1. The van der Waals surface area contributed by atoms with Gasteiger partial charge in [-0.2, -0.15) is 0 Å². The van der Waals surface area contributed by atoms with Crippen LogP contribution in [-0.4, -0.2) is 29.0 Å². The van der Waals surface area contributed by atoms with Gasteiger partial charge in [0.15, 0.2) is 5.12 Å². The summed E-state index contributed by atoms with van der Waals surface area (Å²) in [4.78, 5) is 33.7. The minimum atomic E-state index is -0.491. The van der Waals surface area contributed by atoms with Gasteiger partial charge in [-0.25, -0.2) is 4.79 Å². The Balaban J connectivity index is 1.50. The SMILES string of the molecule is O=C1C[C@@H](SC(=O)CCCNC(=O)OCc2ccccc2)N1. The first-order chi connectivity index (χ1) is 10.6. The van der Waals surface area contributed by atoms with E-state index >= 15 is 0 Å². The smallest absolute Gasteiger partial charge is 0.407 e. The highest BCUT2D eigenvalue weighted by Crippen LogP contribution is 2.21. The molecule has 0 aromatic heterocycles. The zero-order valence-corrected chi connectivity index (χ0v) is 12.9. The second-order valence-electron chi connectivity index (χ2n) is 4.84. The van der Waals surface area contributed by atoms with Gasteiger partial charge in [-0.3, -0.25) is 9.59 Å². The van der Waals surface area contributed by atoms with E-state index in [4.69, 9.17) is 4.74 Å². The monoisotopic (exact) mass is 322 g/mol. The molecule has 1 fully saturated rings. The third kappa shape index (κ3) is 5.77. The van der Waals surface area contributed by atoms with Gasteiger partial charge in [-0.1, -0.05) is 42.1 Å². The van der Waals surface area contributed by atoms with Crippen LogP contribution in [0.4, 0.5) is 4.79 Å². The van der Waals surface area contributed by atoms with Crippen molar-refractivity contribution in [3.8, 4) is 0 Å². The van der Waals surface area contributed by atoms with Gasteiger partial charge in [0.2, 0.25) is 5.91 Å². The van der Waals surface area contributed by atoms with Crippen molar-refractivity contribution in [1.82, 2.24) is 10.6 Å². The third-order valence-electron chi connectivity index (χ3n) is 3.01. The zero-order valence-electron chi connectivity index (χ0n) is 12.0. The number of hydrogen-bond acceptors (Lipinski definition) is 5. The van der Waals surface area contributed by atoms with Crippen LogP contribution >= 0.6 is 11.8 Å². The first kappa shape index (κ1) is 16.4. The number of carbonyl (C=O) groups excluding carboxylic acids is 3. The van der Waals surface area contributed by atoms with Gasteiger partial charge in [-0.05, 0) is 12.0 Å². The summed E-state index contributed by atoms with van der Waals surface area (Å²) in [6, 6.07) is 9.41. The number of rotatable bonds is 7. The second-order valence-corrected chi connectivity index (χ2v) is 6.10. The van der Waals surface area contributed by atoms with Crippen LogP contribution in [-0.2, 0) is 20.9 Å². The molecule has 118 valence electrons. The van der Waals surface area contributed by atoms with Crippen molar-refractivity contribution < 1.29 is 19.1 Å². The van der Waals surface area contributed by atoms with Crippen molar-refractivity contribution >= 4 is 28.9 Å². The van der Waals surface area contributed by atoms with Gasteiger partial charge in [0.1, 0.15) is 6.61 Å². The average molecular weight is 322 g/mol. The van der Waals surface area contributed by atoms with E-state index in [1.165, 1.54) is 0 Å². The summed E-state index contributed by atoms with van der Waals surface area (Å²) in [5, 5.41) is 5.17. The molecule has 0 unspecified atom stereocenters. The van der Waals surface area contributed by atoms with Gasteiger partial charge in [-0.15, -0.1) is 0 Å². The van der Waals surface area contributed by atoms with Crippen LogP contribution in [0.2, 0.25) is 0 Å². The standard InChI is InChI=1S/C15H18N2O4S/c18-12-9-13(17-12)22-14(19)7-4-8-16-15(20)21-10-11-5-2-1-3-6-11/h1-3,5-6,13H,4,7-10H2,(H,16,20)(H,17,18)/t13-/m1/s1. The molecule has 1 aromatic carbocycles. The summed E-state index contributed by atoms with van der Waals surface area (Å²) in [6.07, 6.45) is 0.818. The molecule has 1 saturated heterocycles. The van der Waals surface area contributed by atoms with Crippen molar-refractivity contribution in [2.75, 3.05) is 6.54 Å². The lowest BCUT2D eigenvalue weighted by Crippen LogP contribution is -2.46. The fourth-order valence-corrected chi connectivity index (χ4v) is 2.82. The second kappa shape index (κ2) is 8.43. The van der Waals surface area contributed by atoms with Crippen LogP contribution in [0.1, 0.15) is 24.8 Å². The molecule has 1 aliphatic rings. The quantitative estimate of drug-likeness (QED) is 0.591. The third-order valence-corrected chi connectivity index (χ3v) is 4.04. The molecule has 1 atom stereocenters. The molecule has 7 heteroatoms. The van der Waals surface area contributed by atoms with E-state index in [1.54, 1.807) is 0 Å². The Morgan fingerprint density at radius 3 is 2.73 bits per heavy atom. The Morgan fingerprint density at radius 1 is 1.32 bits per heavy atom. The number of hydrogen-bond donors (Lipinski definition) is 2. The molecular weight excluding hydrogens is 304 g/mol. The first-order valence-corrected chi connectivity index (χ1v) is 7.95. The van der Waals surface area contributed by atoms with Gasteiger partial charge < -0.3 is 15.4 Å². The number of amides is 2. The summed E-state index contributed by atoms with van der Waals surface area (Å²) < 4.78 is 5.05. The maximum atomic E-state index is 11.6. The fraction of sp³-hybridized carbons (Fsp3) is 0.400. The van der Waals surface area contributed by atoms with Crippen molar-refractivity contribution in [2.24, 2.45) is 0 Å². The Morgan fingerprint density at radius 2 is 2.05 bits per heavy atom. The largest absolute Gasteiger partial charge is 0.445 e. The number of benzene rings is 1. The Bertz CT molecular complexity index is 528. The maximum absolute atomic E-state index is 11.6. The molecule has 6 nitrogen and oxygen atoms in total. The Hall–Kier alpha value is -2.02. The predicted octanol–water partition coefficient (Wildman–Crippen LogP) is 1.80. The lowest BCUT2D eigenvalue weighted by Gasteiger charge is -2.25. The summed E-state index contributed by atoms with van der Waals surface area (Å²) in [5.74, 6) is -0.0203. The van der Waals surface area contributed by atoms with Crippen LogP contribution in [0.3, 0.4) is 0 Å². The Kier molecular flexibility index (Phi) is 6.27. The molecule has 1 aromatic rings. The number of alkyl carbamates (subject to hydrolysis) is 1. The molecule has 2 amide bonds. The highest BCUT2D eigenvalue weighted by molar-refractivity contribution is 8.14. The molecule has 22 heavy (non-hydrogen) atoms. The number of nitrogens with one attached hydrogen (secondary N) is 2. The molecule has 0 aliphatic carbocycles. The maximum Gasteiger partial charge on any atom is 0.407 e. The molecule has 0 spiro atoms. The van der Waals surface area contributed by atoms with Crippen molar-refractivity contribution in [2.45, 2.75) is 31.2 Å². The van der Waals surface area contributed by atoms with Gasteiger partial charge in [0.05, 0.1) is 11.8 Å². The van der Waals surface area contributed by atoms with Crippen LogP contribution in [0, 0.1) is 0 Å². The van der Waals surface area contributed by atoms with E-state index in [-0.39, 0.29) is 23.0 Å². The van der Waals surface area contributed by atoms with E-state index in [0.29, 0.717) is 25.8 Å². The molecule has 2 rings (SSSR count). The normalized spacial score (nSPS) is 16.4. The highest BCUT2D eigenvalue weighted by Gasteiger charge is 2.27. The molecular formula is C15H18N2O4S. The van der Waals surface area contributed by atoms with E-state index in [1.807, 2.05) is 30.3 Å². The first-order valence-electron chi connectivity index (χ1n) is 7.07. The highest BCUT2D eigenvalue weighted by atomic mass is 32.2. The van der Waals surface area contributed by atoms with Crippen LogP contribution < -0.4 is 10.6 Å². The summed E-state index contributed by atoms with van der Waals surface area (Å²) in [6.45, 7) is 0.611. The average Bonchev–Trinajstić information content (AvgIpc) is 2.49. The lowest BCUT2D eigenvalue weighted by molar-refractivity contribution is -0.126.